The Bertz CT molecular complexity index is 1160. The van der Waals surface area contributed by atoms with Crippen molar-refractivity contribution in [2.45, 2.75) is 20.3 Å². The van der Waals surface area contributed by atoms with Crippen LogP contribution in [-0.2, 0) is 6.42 Å². The second-order valence-corrected chi connectivity index (χ2v) is 7.65. The lowest BCUT2D eigenvalue weighted by Gasteiger charge is -2.13. The van der Waals surface area contributed by atoms with Crippen LogP contribution in [0.5, 0.6) is 5.75 Å². The molecule has 1 aromatic heterocycles. The van der Waals surface area contributed by atoms with E-state index in [9.17, 15) is 4.79 Å². The van der Waals surface area contributed by atoms with Gasteiger partial charge in [-0.3, -0.25) is 4.79 Å². The highest BCUT2D eigenvalue weighted by molar-refractivity contribution is 5.97. The van der Waals surface area contributed by atoms with Crippen molar-refractivity contribution in [3.63, 3.8) is 0 Å². The van der Waals surface area contributed by atoms with Crippen LogP contribution in [0.3, 0.4) is 0 Å². The number of carbonyl (C=O) groups excluding carboxylic acids is 1. The summed E-state index contributed by atoms with van der Waals surface area (Å²) in [5, 5.41) is 3.09. The third-order valence-electron chi connectivity index (χ3n) is 5.51. The number of benzene rings is 3. The van der Waals surface area contributed by atoms with Gasteiger partial charge in [0.15, 0.2) is 0 Å². The molecule has 162 valence electrons. The van der Waals surface area contributed by atoms with Gasteiger partial charge in [0.1, 0.15) is 5.75 Å². The third-order valence-corrected chi connectivity index (χ3v) is 5.51. The van der Waals surface area contributed by atoms with Gasteiger partial charge in [-0.05, 0) is 61.7 Å². The number of rotatable bonds is 8. The molecule has 0 aliphatic heterocycles. The SMILES string of the molecule is CCOc1ccc(-n2c(-c3ccccc3)cc(C(=O)NCCc3ccccc3)c2C)cc1. The fraction of sp³-hybridized carbons (Fsp3) is 0.179. The highest BCUT2D eigenvalue weighted by atomic mass is 16.5. The number of hydrogen-bond donors (Lipinski definition) is 1. The molecule has 0 aliphatic rings. The summed E-state index contributed by atoms with van der Waals surface area (Å²) in [6, 6.07) is 30.3. The first-order chi connectivity index (χ1) is 15.7. The van der Waals surface area contributed by atoms with Gasteiger partial charge in [0.05, 0.1) is 17.9 Å². The van der Waals surface area contributed by atoms with Crippen molar-refractivity contribution >= 4 is 5.91 Å². The van der Waals surface area contributed by atoms with E-state index < -0.39 is 0 Å². The molecule has 4 aromatic rings. The van der Waals surface area contributed by atoms with Crippen molar-refractivity contribution in [3.8, 4) is 22.7 Å². The van der Waals surface area contributed by atoms with Gasteiger partial charge in [-0.15, -0.1) is 0 Å². The average molecular weight is 425 g/mol. The molecule has 0 radical (unpaired) electrons. The maximum Gasteiger partial charge on any atom is 0.253 e. The molecule has 4 heteroatoms. The Hall–Kier alpha value is -3.79. The molecule has 3 aromatic carbocycles. The molecule has 0 saturated heterocycles. The zero-order chi connectivity index (χ0) is 22.3. The molecule has 0 atom stereocenters. The van der Waals surface area contributed by atoms with Crippen LogP contribution in [-0.4, -0.2) is 23.6 Å². The summed E-state index contributed by atoms with van der Waals surface area (Å²) in [7, 11) is 0. The van der Waals surface area contributed by atoms with Crippen LogP contribution in [0.4, 0.5) is 0 Å². The molecule has 1 N–H and O–H groups in total. The van der Waals surface area contributed by atoms with Gasteiger partial charge in [-0.25, -0.2) is 0 Å². The Morgan fingerprint density at radius 1 is 0.906 bits per heavy atom. The fourth-order valence-electron chi connectivity index (χ4n) is 3.91. The van der Waals surface area contributed by atoms with E-state index in [-0.39, 0.29) is 5.91 Å². The molecule has 0 saturated carbocycles. The predicted octanol–water partition coefficient (Wildman–Crippen LogP) is 5.82. The van der Waals surface area contributed by atoms with Crippen LogP contribution in [0.2, 0.25) is 0 Å². The first kappa shape index (κ1) is 21.4. The van der Waals surface area contributed by atoms with Gasteiger partial charge in [0, 0.05) is 17.9 Å². The molecule has 32 heavy (non-hydrogen) atoms. The van der Waals surface area contributed by atoms with Crippen molar-refractivity contribution in [3.05, 3.63) is 108 Å². The second kappa shape index (κ2) is 10.0. The van der Waals surface area contributed by atoms with Crippen molar-refractivity contribution in [2.75, 3.05) is 13.2 Å². The van der Waals surface area contributed by atoms with Gasteiger partial charge in [-0.2, -0.15) is 0 Å². The smallest absolute Gasteiger partial charge is 0.253 e. The largest absolute Gasteiger partial charge is 0.494 e. The summed E-state index contributed by atoms with van der Waals surface area (Å²) in [5.41, 5.74) is 5.85. The summed E-state index contributed by atoms with van der Waals surface area (Å²) in [4.78, 5) is 13.1. The van der Waals surface area contributed by atoms with E-state index in [1.807, 2.05) is 80.6 Å². The molecular weight excluding hydrogens is 396 g/mol. The topological polar surface area (TPSA) is 43.3 Å². The van der Waals surface area contributed by atoms with E-state index >= 15 is 0 Å². The standard InChI is InChI=1S/C28H28N2O2/c1-3-32-25-16-14-24(15-17-25)30-21(2)26(20-27(30)23-12-8-5-9-13-23)28(31)29-19-18-22-10-6-4-7-11-22/h4-17,20H,3,18-19H2,1-2H3,(H,29,31). The predicted molar refractivity (Wildman–Crippen MR) is 130 cm³/mol. The molecule has 1 amide bonds. The van der Waals surface area contributed by atoms with Gasteiger partial charge < -0.3 is 14.6 Å². The third kappa shape index (κ3) is 4.75. The Morgan fingerprint density at radius 3 is 2.22 bits per heavy atom. The summed E-state index contributed by atoms with van der Waals surface area (Å²) in [6.45, 7) is 5.19. The van der Waals surface area contributed by atoms with Crippen molar-refractivity contribution in [2.24, 2.45) is 0 Å². The maximum absolute atomic E-state index is 13.1. The van der Waals surface area contributed by atoms with E-state index in [1.165, 1.54) is 5.56 Å². The Labute approximate surface area is 189 Å². The molecule has 4 nitrogen and oxygen atoms in total. The number of nitrogens with one attached hydrogen (secondary N) is 1. The molecule has 0 unspecified atom stereocenters. The zero-order valence-electron chi connectivity index (χ0n) is 18.5. The van der Waals surface area contributed by atoms with E-state index in [0.717, 1.165) is 34.8 Å². The second-order valence-electron chi connectivity index (χ2n) is 7.65. The van der Waals surface area contributed by atoms with Crippen LogP contribution < -0.4 is 10.1 Å². The zero-order valence-corrected chi connectivity index (χ0v) is 18.5. The minimum atomic E-state index is -0.0553. The Balaban J connectivity index is 1.64. The van der Waals surface area contributed by atoms with Crippen LogP contribution >= 0.6 is 0 Å². The molecule has 0 bridgehead atoms. The summed E-state index contributed by atoms with van der Waals surface area (Å²) < 4.78 is 7.73. The monoisotopic (exact) mass is 424 g/mol. The maximum atomic E-state index is 13.1. The van der Waals surface area contributed by atoms with E-state index in [0.29, 0.717) is 18.7 Å². The van der Waals surface area contributed by atoms with Crippen molar-refractivity contribution in [1.29, 1.82) is 0 Å². The summed E-state index contributed by atoms with van der Waals surface area (Å²) >= 11 is 0. The van der Waals surface area contributed by atoms with Crippen LogP contribution in [0.15, 0.2) is 91.0 Å². The number of aromatic nitrogens is 1. The number of hydrogen-bond acceptors (Lipinski definition) is 2. The number of carbonyl (C=O) groups is 1. The van der Waals surface area contributed by atoms with Crippen LogP contribution in [0.25, 0.3) is 16.9 Å². The first-order valence-electron chi connectivity index (χ1n) is 11.0. The summed E-state index contributed by atoms with van der Waals surface area (Å²) in [5.74, 6) is 0.779. The van der Waals surface area contributed by atoms with Gasteiger partial charge in [-0.1, -0.05) is 60.7 Å². The highest BCUT2D eigenvalue weighted by Gasteiger charge is 2.19. The Kier molecular flexibility index (Phi) is 6.71. The molecule has 0 fully saturated rings. The quantitative estimate of drug-likeness (QED) is 0.387. The normalized spacial score (nSPS) is 10.7. The van der Waals surface area contributed by atoms with E-state index in [1.54, 1.807) is 0 Å². The van der Waals surface area contributed by atoms with Crippen LogP contribution in [0.1, 0.15) is 28.5 Å². The Morgan fingerprint density at radius 2 is 1.56 bits per heavy atom. The lowest BCUT2D eigenvalue weighted by atomic mass is 10.1. The number of amides is 1. The molecule has 0 spiro atoms. The lowest BCUT2D eigenvalue weighted by Crippen LogP contribution is -2.26. The minimum Gasteiger partial charge on any atom is -0.494 e. The highest BCUT2D eigenvalue weighted by Crippen LogP contribution is 2.30. The molecule has 1 heterocycles. The van der Waals surface area contributed by atoms with Gasteiger partial charge in [0.25, 0.3) is 5.91 Å². The molecule has 4 rings (SSSR count). The minimum absolute atomic E-state index is 0.0553. The van der Waals surface area contributed by atoms with Gasteiger partial charge in [0.2, 0.25) is 0 Å². The number of ether oxygens (including phenoxy) is 1. The number of nitrogens with zero attached hydrogens (tertiary/aromatic N) is 1. The molecular formula is C28H28N2O2. The van der Waals surface area contributed by atoms with Crippen molar-refractivity contribution < 1.29 is 9.53 Å². The average Bonchev–Trinajstić information content (AvgIpc) is 3.18. The molecule has 0 aliphatic carbocycles. The fourth-order valence-corrected chi connectivity index (χ4v) is 3.91. The summed E-state index contributed by atoms with van der Waals surface area (Å²) in [6.07, 6.45) is 0.802. The van der Waals surface area contributed by atoms with E-state index in [2.05, 4.69) is 34.1 Å². The van der Waals surface area contributed by atoms with Crippen LogP contribution in [0, 0.1) is 6.92 Å². The lowest BCUT2D eigenvalue weighted by molar-refractivity contribution is 0.0953. The van der Waals surface area contributed by atoms with E-state index in [4.69, 9.17) is 4.74 Å². The van der Waals surface area contributed by atoms with Crippen molar-refractivity contribution in [1.82, 2.24) is 9.88 Å². The van der Waals surface area contributed by atoms with Gasteiger partial charge >= 0.3 is 0 Å². The first-order valence-corrected chi connectivity index (χ1v) is 11.0.